The largest absolute Gasteiger partial charge is 0.490 e. The van der Waals surface area contributed by atoms with Crippen LogP contribution in [0.3, 0.4) is 0 Å². The monoisotopic (exact) mass is 395 g/mol. The summed E-state index contributed by atoms with van der Waals surface area (Å²) >= 11 is 0. The molecule has 2 aromatic rings. The van der Waals surface area contributed by atoms with Crippen molar-refractivity contribution >= 4 is 11.9 Å². The quantitative estimate of drug-likeness (QED) is 0.384. The minimum absolute atomic E-state index is 0.237. The van der Waals surface area contributed by atoms with Gasteiger partial charge in [0.2, 0.25) is 5.91 Å². The van der Waals surface area contributed by atoms with E-state index in [0.29, 0.717) is 25.5 Å². The highest BCUT2D eigenvalue weighted by molar-refractivity contribution is 5.80. The first-order chi connectivity index (χ1) is 14.2. The number of guanidine groups is 1. The molecule has 1 fully saturated rings. The predicted octanol–water partition coefficient (Wildman–Crippen LogP) is 1.72. The Bertz CT molecular complexity index is 782. The molecule has 1 aromatic heterocycles. The maximum absolute atomic E-state index is 12.3. The van der Waals surface area contributed by atoms with Crippen LogP contribution < -0.4 is 15.4 Å². The number of rotatable bonds is 9. The van der Waals surface area contributed by atoms with E-state index in [4.69, 9.17) is 4.74 Å². The molecule has 1 unspecified atom stereocenters. The van der Waals surface area contributed by atoms with Crippen molar-refractivity contribution in [2.45, 2.75) is 12.8 Å². The number of carbonyl (C=O) groups excluding carboxylic acids is 1. The Morgan fingerprint density at radius 2 is 2.10 bits per heavy atom. The molecule has 0 spiro atoms. The van der Waals surface area contributed by atoms with Crippen molar-refractivity contribution in [3.63, 3.8) is 0 Å². The van der Waals surface area contributed by atoms with Gasteiger partial charge in [0.15, 0.2) is 5.96 Å². The number of benzene rings is 1. The van der Waals surface area contributed by atoms with E-state index < -0.39 is 0 Å². The number of nitrogens with zero attached hydrogens (tertiary/aromatic N) is 3. The summed E-state index contributed by atoms with van der Waals surface area (Å²) in [6, 6.07) is 14.0. The number of aromatic nitrogens is 1. The number of carbonyl (C=O) groups is 1. The summed E-state index contributed by atoms with van der Waals surface area (Å²) in [4.78, 5) is 22.5. The molecule has 1 aliphatic rings. The molecule has 1 saturated heterocycles. The fraction of sp³-hybridized carbons (Fsp3) is 0.409. The summed E-state index contributed by atoms with van der Waals surface area (Å²) < 4.78 is 5.61. The molecule has 3 rings (SSSR count). The van der Waals surface area contributed by atoms with Crippen molar-refractivity contribution in [1.29, 1.82) is 0 Å². The Balaban J connectivity index is 1.33. The molecule has 2 heterocycles. The van der Waals surface area contributed by atoms with Crippen LogP contribution in [-0.2, 0) is 11.2 Å². The molecule has 1 atom stereocenters. The average Bonchev–Trinajstić information content (AvgIpc) is 3.12. The third-order valence-electron chi connectivity index (χ3n) is 4.89. The lowest BCUT2D eigenvalue weighted by Crippen LogP contribution is -2.41. The van der Waals surface area contributed by atoms with Gasteiger partial charge in [0.05, 0.1) is 12.7 Å². The van der Waals surface area contributed by atoms with Crippen molar-refractivity contribution in [2.75, 3.05) is 39.8 Å². The number of likely N-dealkylation sites (tertiary alicyclic amines) is 1. The maximum atomic E-state index is 12.3. The van der Waals surface area contributed by atoms with E-state index in [0.717, 1.165) is 37.8 Å². The van der Waals surface area contributed by atoms with Crippen LogP contribution in [0.4, 0.5) is 0 Å². The summed E-state index contributed by atoms with van der Waals surface area (Å²) in [6.07, 6.45) is 4.89. The van der Waals surface area contributed by atoms with Crippen molar-refractivity contribution in [1.82, 2.24) is 20.5 Å². The molecule has 1 aliphatic heterocycles. The van der Waals surface area contributed by atoms with Gasteiger partial charge in [0.25, 0.3) is 0 Å². The second-order valence-electron chi connectivity index (χ2n) is 7.06. The van der Waals surface area contributed by atoms with Gasteiger partial charge in [0, 0.05) is 45.2 Å². The second kappa shape index (κ2) is 11.0. The van der Waals surface area contributed by atoms with E-state index in [2.05, 4.69) is 32.7 Å². The fourth-order valence-corrected chi connectivity index (χ4v) is 3.35. The minimum Gasteiger partial charge on any atom is -0.490 e. The van der Waals surface area contributed by atoms with Gasteiger partial charge in [-0.05, 0) is 24.1 Å². The van der Waals surface area contributed by atoms with Crippen LogP contribution in [0.5, 0.6) is 5.75 Å². The zero-order valence-corrected chi connectivity index (χ0v) is 16.9. The molecule has 29 heavy (non-hydrogen) atoms. The van der Waals surface area contributed by atoms with E-state index in [1.165, 1.54) is 5.56 Å². The van der Waals surface area contributed by atoms with E-state index in [1.807, 2.05) is 35.2 Å². The summed E-state index contributed by atoms with van der Waals surface area (Å²) in [7, 11) is 1.74. The standard InChI is InChI=1S/C22H29N5O2/c1-23-22(25-11-13-29-20-8-5-10-24-16-20)26-15-19-14-21(28)27(17-19)12-9-18-6-3-2-4-7-18/h2-8,10,16,19H,9,11-15,17H2,1H3,(H2,23,25,26). The van der Waals surface area contributed by atoms with Crippen molar-refractivity contribution in [2.24, 2.45) is 10.9 Å². The lowest BCUT2D eigenvalue weighted by atomic mass is 10.1. The average molecular weight is 396 g/mol. The van der Waals surface area contributed by atoms with E-state index >= 15 is 0 Å². The Morgan fingerprint density at radius 1 is 1.24 bits per heavy atom. The molecule has 7 nitrogen and oxygen atoms in total. The summed E-state index contributed by atoms with van der Waals surface area (Å²) in [6.45, 7) is 3.43. The number of aliphatic imine (C=N–C) groups is 1. The van der Waals surface area contributed by atoms with Crippen LogP contribution in [-0.4, -0.2) is 61.6 Å². The van der Waals surface area contributed by atoms with Crippen LogP contribution in [0.1, 0.15) is 12.0 Å². The fourth-order valence-electron chi connectivity index (χ4n) is 3.35. The lowest BCUT2D eigenvalue weighted by molar-refractivity contribution is -0.127. The molecule has 0 bridgehead atoms. The number of nitrogens with one attached hydrogen (secondary N) is 2. The zero-order valence-electron chi connectivity index (χ0n) is 16.9. The van der Waals surface area contributed by atoms with Gasteiger partial charge in [-0.15, -0.1) is 0 Å². The summed E-state index contributed by atoms with van der Waals surface area (Å²) in [5.74, 6) is 2.00. The normalized spacial score (nSPS) is 16.7. The van der Waals surface area contributed by atoms with Gasteiger partial charge in [0.1, 0.15) is 12.4 Å². The third-order valence-corrected chi connectivity index (χ3v) is 4.89. The molecule has 1 amide bonds. The number of amides is 1. The van der Waals surface area contributed by atoms with Gasteiger partial charge in [-0.2, -0.15) is 0 Å². The van der Waals surface area contributed by atoms with Crippen LogP contribution in [0.25, 0.3) is 0 Å². The molecular weight excluding hydrogens is 366 g/mol. The molecule has 154 valence electrons. The number of pyridine rings is 1. The molecular formula is C22H29N5O2. The molecule has 1 aromatic carbocycles. The first kappa shape index (κ1) is 20.6. The predicted molar refractivity (Wildman–Crippen MR) is 114 cm³/mol. The maximum Gasteiger partial charge on any atom is 0.223 e. The Hall–Kier alpha value is -3.09. The van der Waals surface area contributed by atoms with Gasteiger partial charge in [-0.25, -0.2) is 0 Å². The number of hydrogen-bond acceptors (Lipinski definition) is 4. The highest BCUT2D eigenvalue weighted by Gasteiger charge is 2.29. The van der Waals surface area contributed by atoms with Crippen LogP contribution in [0, 0.1) is 5.92 Å². The van der Waals surface area contributed by atoms with Gasteiger partial charge in [-0.1, -0.05) is 30.3 Å². The van der Waals surface area contributed by atoms with Crippen molar-refractivity contribution in [3.8, 4) is 5.75 Å². The van der Waals surface area contributed by atoms with Crippen LogP contribution >= 0.6 is 0 Å². The molecule has 0 saturated carbocycles. The Morgan fingerprint density at radius 3 is 2.86 bits per heavy atom. The smallest absolute Gasteiger partial charge is 0.223 e. The SMILES string of the molecule is CN=C(NCCOc1cccnc1)NCC1CC(=O)N(CCc2ccccc2)C1. The second-order valence-corrected chi connectivity index (χ2v) is 7.06. The molecule has 7 heteroatoms. The lowest BCUT2D eigenvalue weighted by Gasteiger charge is -2.18. The third kappa shape index (κ3) is 6.78. The molecule has 2 N–H and O–H groups in total. The molecule has 0 aliphatic carbocycles. The van der Waals surface area contributed by atoms with Crippen molar-refractivity contribution in [3.05, 3.63) is 60.4 Å². The van der Waals surface area contributed by atoms with Gasteiger partial charge < -0.3 is 20.3 Å². The molecule has 0 radical (unpaired) electrons. The van der Waals surface area contributed by atoms with E-state index in [9.17, 15) is 4.79 Å². The first-order valence-electron chi connectivity index (χ1n) is 10.0. The van der Waals surface area contributed by atoms with Gasteiger partial charge in [-0.3, -0.25) is 14.8 Å². The van der Waals surface area contributed by atoms with Crippen molar-refractivity contribution < 1.29 is 9.53 Å². The van der Waals surface area contributed by atoms with E-state index in [1.54, 1.807) is 19.4 Å². The summed E-state index contributed by atoms with van der Waals surface area (Å²) in [5.41, 5.74) is 1.26. The zero-order chi connectivity index (χ0) is 20.3. The Kier molecular flexibility index (Phi) is 7.86. The van der Waals surface area contributed by atoms with E-state index in [-0.39, 0.29) is 5.91 Å². The summed E-state index contributed by atoms with van der Waals surface area (Å²) in [5, 5.41) is 6.54. The number of hydrogen-bond donors (Lipinski definition) is 2. The Labute approximate surface area is 172 Å². The van der Waals surface area contributed by atoms with Gasteiger partial charge >= 0.3 is 0 Å². The number of ether oxygens (including phenoxy) is 1. The highest BCUT2D eigenvalue weighted by Crippen LogP contribution is 2.17. The first-order valence-corrected chi connectivity index (χ1v) is 10.0. The highest BCUT2D eigenvalue weighted by atomic mass is 16.5. The topological polar surface area (TPSA) is 78.9 Å². The minimum atomic E-state index is 0.237. The van der Waals surface area contributed by atoms with Crippen LogP contribution in [0.15, 0.2) is 59.9 Å². The van der Waals surface area contributed by atoms with Crippen LogP contribution in [0.2, 0.25) is 0 Å².